The molecule has 0 aliphatic heterocycles. The summed E-state index contributed by atoms with van der Waals surface area (Å²) in [5, 5.41) is 6.77. The summed E-state index contributed by atoms with van der Waals surface area (Å²) in [6.45, 7) is -0.00243. The summed E-state index contributed by atoms with van der Waals surface area (Å²) in [5.41, 5.74) is -0.135. The molecule has 1 amide bonds. The van der Waals surface area contributed by atoms with E-state index in [1.165, 1.54) is 19.2 Å². The Labute approximate surface area is 167 Å². The van der Waals surface area contributed by atoms with Gasteiger partial charge in [-0.25, -0.2) is 9.97 Å². The normalized spacial score (nSPS) is 11.4. The molecule has 0 saturated heterocycles. The van der Waals surface area contributed by atoms with Gasteiger partial charge in [0.05, 0.1) is 23.5 Å². The van der Waals surface area contributed by atoms with Gasteiger partial charge in [-0.15, -0.1) is 0 Å². The van der Waals surface area contributed by atoms with Crippen molar-refractivity contribution >= 4 is 23.6 Å². The Kier molecular flexibility index (Phi) is 6.49. The second-order valence-electron chi connectivity index (χ2n) is 5.71. The zero-order chi connectivity index (χ0) is 20.9. The molecule has 0 radical (unpaired) electrons. The molecular weight excluding hydrogens is 409 g/mol. The second-order valence-corrected chi connectivity index (χ2v) is 6.66. The van der Waals surface area contributed by atoms with Gasteiger partial charge in [0.2, 0.25) is 11.8 Å². The van der Waals surface area contributed by atoms with Gasteiger partial charge in [-0.2, -0.15) is 13.2 Å². The first-order valence-corrected chi connectivity index (χ1v) is 9.22. The number of aromatic nitrogens is 3. The summed E-state index contributed by atoms with van der Waals surface area (Å²) in [6.07, 6.45) is -1.41. The van der Waals surface area contributed by atoms with Gasteiger partial charge in [-0.05, 0) is 23.8 Å². The molecule has 0 aliphatic carbocycles. The molecule has 11 heteroatoms. The van der Waals surface area contributed by atoms with Gasteiger partial charge in [-0.3, -0.25) is 10.1 Å². The third kappa shape index (κ3) is 5.33. The fourth-order valence-corrected chi connectivity index (χ4v) is 3.05. The van der Waals surface area contributed by atoms with Crippen molar-refractivity contribution in [1.82, 2.24) is 15.1 Å². The van der Waals surface area contributed by atoms with Gasteiger partial charge < -0.3 is 9.26 Å². The van der Waals surface area contributed by atoms with Gasteiger partial charge >= 0.3 is 6.18 Å². The molecule has 0 bridgehead atoms. The first-order valence-electron chi connectivity index (χ1n) is 8.23. The van der Waals surface area contributed by atoms with Crippen LogP contribution in [-0.2, 0) is 22.3 Å². The zero-order valence-corrected chi connectivity index (χ0v) is 15.9. The summed E-state index contributed by atoms with van der Waals surface area (Å²) in [5.74, 6) is -0.529. The van der Waals surface area contributed by atoms with Crippen LogP contribution in [0.4, 0.5) is 19.1 Å². The maximum Gasteiger partial charge on any atom is 0.416 e. The first kappa shape index (κ1) is 20.8. The number of rotatable bonds is 7. The lowest BCUT2D eigenvalue weighted by Gasteiger charge is -2.10. The third-order valence-corrected chi connectivity index (χ3v) is 4.53. The number of thioether (sulfide) groups is 1. The number of amides is 1. The number of carbonyl (C=O) groups is 1. The van der Waals surface area contributed by atoms with Crippen LogP contribution >= 0.6 is 11.8 Å². The molecule has 3 rings (SSSR count). The van der Waals surface area contributed by atoms with E-state index >= 15 is 0 Å². The molecule has 1 aromatic carbocycles. The summed E-state index contributed by atoms with van der Waals surface area (Å²) in [7, 11) is 1.42. The number of nitrogens with zero attached hydrogens (tertiary/aromatic N) is 3. The lowest BCUT2D eigenvalue weighted by molar-refractivity contribution is -0.137. The molecule has 152 valence electrons. The van der Waals surface area contributed by atoms with E-state index in [2.05, 4.69) is 20.4 Å². The molecule has 3 aromatic rings. The Morgan fingerprint density at radius 1 is 1.24 bits per heavy atom. The molecule has 2 heterocycles. The Balaban J connectivity index is 1.84. The van der Waals surface area contributed by atoms with Gasteiger partial charge in [-0.1, -0.05) is 29.1 Å². The molecule has 1 N–H and O–H groups in total. The molecule has 29 heavy (non-hydrogen) atoms. The van der Waals surface area contributed by atoms with Crippen molar-refractivity contribution in [1.29, 1.82) is 0 Å². The van der Waals surface area contributed by atoms with Gasteiger partial charge in [0.1, 0.15) is 5.69 Å². The maximum atomic E-state index is 13.1. The van der Waals surface area contributed by atoms with Gasteiger partial charge in [0, 0.05) is 19.5 Å². The van der Waals surface area contributed by atoms with Crippen molar-refractivity contribution in [2.24, 2.45) is 0 Å². The fraction of sp³-hybridized carbons (Fsp3) is 0.222. The highest BCUT2D eigenvalue weighted by Crippen LogP contribution is 2.36. The summed E-state index contributed by atoms with van der Waals surface area (Å²) < 4.78 is 49.4. The maximum absolute atomic E-state index is 13.1. The average Bonchev–Trinajstić information content (AvgIpc) is 3.09. The minimum absolute atomic E-state index is 0.00243. The number of methoxy groups -OCH3 is 1. The zero-order valence-electron chi connectivity index (χ0n) is 15.1. The number of anilines is 1. The molecule has 2 aromatic heterocycles. The minimum atomic E-state index is -4.51. The van der Waals surface area contributed by atoms with E-state index in [-0.39, 0.29) is 35.1 Å². The fourth-order valence-electron chi connectivity index (χ4n) is 2.45. The summed E-state index contributed by atoms with van der Waals surface area (Å²) in [4.78, 5) is 20.3. The predicted molar refractivity (Wildman–Crippen MR) is 99.0 cm³/mol. The molecule has 0 atom stereocenters. The second kappa shape index (κ2) is 9.05. The standard InChI is InChI=1S/C18H15F3N4O3S/c1-27-9-13-15(11-4-2-5-12(8-11)18(19,20)21)16(28-25-13)24-14(26)10-29-17-22-6-3-7-23-17/h2-8H,9-10H2,1H3,(H,24,26). The van der Waals surface area contributed by atoms with Gasteiger partial charge in [0.25, 0.3) is 0 Å². The van der Waals surface area contributed by atoms with Crippen LogP contribution in [0.2, 0.25) is 0 Å². The van der Waals surface area contributed by atoms with E-state index in [4.69, 9.17) is 9.26 Å². The lowest BCUT2D eigenvalue weighted by atomic mass is 10.0. The quantitative estimate of drug-likeness (QED) is 0.452. The monoisotopic (exact) mass is 424 g/mol. The summed E-state index contributed by atoms with van der Waals surface area (Å²) in [6, 6.07) is 6.33. The number of carbonyl (C=O) groups excluding carboxylic acids is 1. The van der Waals surface area contributed by atoms with E-state index in [1.54, 1.807) is 18.5 Å². The van der Waals surface area contributed by atoms with Crippen molar-refractivity contribution in [3.05, 3.63) is 54.0 Å². The minimum Gasteiger partial charge on any atom is -0.378 e. The first-order chi connectivity index (χ1) is 13.9. The molecule has 7 nitrogen and oxygen atoms in total. The molecular formula is C18H15F3N4O3S. The van der Waals surface area contributed by atoms with Crippen LogP contribution in [0.25, 0.3) is 11.1 Å². The topological polar surface area (TPSA) is 90.1 Å². The van der Waals surface area contributed by atoms with Crippen molar-refractivity contribution in [2.45, 2.75) is 17.9 Å². The molecule has 0 saturated carbocycles. The molecule has 0 fully saturated rings. The number of halogens is 3. The Morgan fingerprint density at radius 3 is 2.69 bits per heavy atom. The van der Waals surface area contributed by atoms with E-state index in [0.29, 0.717) is 5.16 Å². The van der Waals surface area contributed by atoms with Crippen LogP contribution in [0.3, 0.4) is 0 Å². The number of alkyl halides is 3. The highest BCUT2D eigenvalue weighted by molar-refractivity contribution is 7.99. The van der Waals surface area contributed by atoms with E-state index in [1.807, 2.05) is 0 Å². The number of nitrogens with one attached hydrogen (secondary N) is 1. The van der Waals surface area contributed by atoms with Crippen molar-refractivity contribution in [2.75, 3.05) is 18.2 Å². The smallest absolute Gasteiger partial charge is 0.378 e. The Morgan fingerprint density at radius 2 is 2.00 bits per heavy atom. The summed E-state index contributed by atoms with van der Waals surface area (Å²) >= 11 is 1.10. The van der Waals surface area contributed by atoms with E-state index < -0.39 is 17.6 Å². The SMILES string of the molecule is COCc1noc(NC(=O)CSc2ncccn2)c1-c1cccc(C(F)(F)F)c1. The average molecular weight is 424 g/mol. The number of hydrogen-bond donors (Lipinski definition) is 1. The Bertz CT molecular complexity index is 980. The molecule has 0 unspecified atom stereocenters. The van der Waals surface area contributed by atoms with Gasteiger partial charge in [0.15, 0.2) is 5.16 Å². The van der Waals surface area contributed by atoms with Crippen molar-refractivity contribution < 1.29 is 27.2 Å². The molecule has 0 aliphatic rings. The Hall–Kier alpha value is -2.92. The highest BCUT2D eigenvalue weighted by atomic mass is 32.2. The third-order valence-electron chi connectivity index (χ3n) is 3.65. The van der Waals surface area contributed by atoms with Crippen LogP contribution in [0, 0.1) is 0 Å². The van der Waals surface area contributed by atoms with Crippen LogP contribution in [0.15, 0.2) is 52.4 Å². The largest absolute Gasteiger partial charge is 0.416 e. The predicted octanol–water partition coefficient (Wildman–Crippen LogP) is 4.03. The van der Waals surface area contributed by atoms with Crippen LogP contribution in [0.5, 0.6) is 0 Å². The number of benzene rings is 1. The number of hydrogen-bond acceptors (Lipinski definition) is 7. The van der Waals surface area contributed by atoms with Crippen LogP contribution < -0.4 is 5.32 Å². The van der Waals surface area contributed by atoms with Crippen molar-refractivity contribution in [3.63, 3.8) is 0 Å². The van der Waals surface area contributed by atoms with Crippen molar-refractivity contribution in [3.8, 4) is 11.1 Å². The van der Waals surface area contributed by atoms with E-state index in [0.717, 1.165) is 23.9 Å². The number of ether oxygens (including phenoxy) is 1. The molecule has 0 spiro atoms. The highest BCUT2D eigenvalue weighted by Gasteiger charge is 2.31. The lowest BCUT2D eigenvalue weighted by Crippen LogP contribution is -2.14. The van der Waals surface area contributed by atoms with E-state index in [9.17, 15) is 18.0 Å². The van der Waals surface area contributed by atoms with Crippen LogP contribution in [-0.4, -0.2) is 33.9 Å². The van der Waals surface area contributed by atoms with Crippen LogP contribution in [0.1, 0.15) is 11.3 Å².